The summed E-state index contributed by atoms with van der Waals surface area (Å²) in [5.74, 6) is 2.39. The third-order valence-electron chi connectivity index (χ3n) is 13.5. The van der Waals surface area contributed by atoms with Gasteiger partial charge in [0.2, 0.25) is 0 Å². The Labute approximate surface area is 368 Å². The quantitative estimate of drug-likeness (QED) is 0.178. The number of rotatable bonds is 4. The van der Waals surface area contributed by atoms with Gasteiger partial charge in [0.05, 0.1) is 33.5 Å². The molecule has 0 bridgehead atoms. The fourth-order valence-electron chi connectivity index (χ4n) is 10.8. The topological polar surface area (TPSA) is 53.1 Å². The SMILES string of the molecule is c1ccc(-c2cc(-c3cccc4oc5ccc(-c6ccc7c(c6)C6(c8ccccc8O7)c7ccccc7-n7c8ccccc8c8cccc6c87)cc5c34)nc(-c3ccccc3)n2)cc1. The van der Waals surface area contributed by atoms with E-state index in [1.54, 1.807) is 0 Å². The molecule has 0 radical (unpaired) electrons. The highest BCUT2D eigenvalue weighted by Gasteiger charge is 2.50. The van der Waals surface area contributed by atoms with Crippen LogP contribution >= 0.6 is 0 Å². The molecule has 1 atom stereocenters. The Morgan fingerprint density at radius 1 is 0.406 bits per heavy atom. The number of para-hydroxylation sites is 4. The van der Waals surface area contributed by atoms with Crippen LogP contribution in [0.15, 0.2) is 217 Å². The Hall–Kier alpha value is -8.54. The standard InChI is InChI=1S/C59H35N3O2/c1-3-15-36(16-4-1)48-35-49(61-58(60-48)37-17-5-2-6-18-37)42-21-14-28-55-56(42)43-33-38(29-31-52(43)63-55)39-30-32-54-47(34-39)59(45-23-9-12-27-53(45)64-54)44-22-8-11-26-51(44)62-50-25-10-7-19-40(50)41-20-13-24-46(59)57(41)62/h1-35H. The predicted molar refractivity (Wildman–Crippen MR) is 257 cm³/mol. The lowest BCUT2D eigenvalue weighted by molar-refractivity contribution is 0.434. The molecule has 12 aromatic rings. The highest BCUT2D eigenvalue weighted by atomic mass is 16.5. The summed E-state index contributed by atoms with van der Waals surface area (Å²) in [6.45, 7) is 0. The van der Waals surface area contributed by atoms with Crippen LogP contribution < -0.4 is 4.74 Å². The fraction of sp³-hybridized carbons (Fsp3) is 0.0169. The van der Waals surface area contributed by atoms with E-state index in [9.17, 15) is 0 Å². The number of fused-ring (bicyclic) bond motifs is 14. The molecule has 3 aromatic heterocycles. The summed E-state index contributed by atoms with van der Waals surface area (Å²) in [5.41, 5.74) is 16.1. The molecule has 5 heterocycles. The molecule has 1 unspecified atom stereocenters. The van der Waals surface area contributed by atoms with Crippen molar-refractivity contribution in [2.24, 2.45) is 0 Å². The highest BCUT2D eigenvalue weighted by Crippen LogP contribution is 2.60. The third kappa shape index (κ3) is 4.83. The molecule has 0 saturated carbocycles. The van der Waals surface area contributed by atoms with Gasteiger partial charge in [-0.3, -0.25) is 0 Å². The Balaban J connectivity index is 0.999. The lowest BCUT2D eigenvalue weighted by atomic mass is 9.61. The predicted octanol–water partition coefficient (Wildman–Crippen LogP) is 14.9. The summed E-state index contributed by atoms with van der Waals surface area (Å²) in [6.07, 6.45) is 0. The van der Waals surface area contributed by atoms with Gasteiger partial charge >= 0.3 is 0 Å². The van der Waals surface area contributed by atoms with Gasteiger partial charge in [-0.2, -0.15) is 0 Å². The van der Waals surface area contributed by atoms with Crippen molar-refractivity contribution in [1.82, 2.24) is 14.5 Å². The molecule has 0 aliphatic carbocycles. The maximum Gasteiger partial charge on any atom is 0.160 e. The van der Waals surface area contributed by atoms with E-state index in [2.05, 4.69) is 174 Å². The van der Waals surface area contributed by atoms with Crippen LogP contribution in [-0.4, -0.2) is 14.5 Å². The van der Waals surface area contributed by atoms with E-state index >= 15 is 0 Å². The molecule has 9 aromatic carbocycles. The lowest BCUT2D eigenvalue weighted by Gasteiger charge is -2.45. The van der Waals surface area contributed by atoms with Crippen LogP contribution in [0.1, 0.15) is 22.3 Å². The minimum Gasteiger partial charge on any atom is -0.457 e. The van der Waals surface area contributed by atoms with Crippen molar-refractivity contribution in [1.29, 1.82) is 0 Å². The van der Waals surface area contributed by atoms with E-state index in [1.165, 1.54) is 38.6 Å². The first-order valence-electron chi connectivity index (χ1n) is 21.7. The smallest absolute Gasteiger partial charge is 0.160 e. The molecule has 0 N–H and O–H groups in total. The summed E-state index contributed by atoms with van der Waals surface area (Å²) in [6, 6.07) is 75.3. The Kier molecular flexibility index (Phi) is 7.26. The summed E-state index contributed by atoms with van der Waals surface area (Å²) in [4.78, 5) is 10.3. The largest absolute Gasteiger partial charge is 0.457 e. The van der Waals surface area contributed by atoms with Gasteiger partial charge in [0.25, 0.3) is 0 Å². The van der Waals surface area contributed by atoms with E-state index < -0.39 is 5.41 Å². The fourth-order valence-corrected chi connectivity index (χ4v) is 10.8. The van der Waals surface area contributed by atoms with E-state index in [-0.39, 0.29) is 0 Å². The number of hydrogen-bond donors (Lipinski definition) is 0. The molecule has 0 amide bonds. The second-order valence-corrected chi connectivity index (χ2v) is 16.8. The third-order valence-corrected chi connectivity index (χ3v) is 13.5. The van der Waals surface area contributed by atoms with Crippen molar-refractivity contribution in [2.45, 2.75) is 5.41 Å². The summed E-state index contributed by atoms with van der Waals surface area (Å²) >= 11 is 0. The minimum absolute atomic E-state index is 0.666. The zero-order valence-electron chi connectivity index (χ0n) is 34.4. The molecular formula is C59H35N3O2. The molecule has 0 fully saturated rings. The molecule has 5 heteroatoms. The van der Waals surface area contributed by atoms with Gasteiger partial charge in [-0.1, -0.05) is 158 Å². The second kappa shape index (κ2) is 13.2. The van der Waals surface area contributed by atoms with Crippen LogP contribution in [0.5, 0.6) is 11.5 Å². The van der Waals surface area contributed by atoms with Crippen LogP contribution in [0.4, 0.5) is 0 Å². The van der Waals surface area contributed by atoms with Crippen molar-refractivity contribution < 1.29 is 9.15 Å². The maximum absolute atomic E-state index is 6.88. The van der Waals surface area contributed by atoms with Crippen molar-refractivity contribution in [3.8, 4) is 62.2 Å². The molecular weight excluding hydrogens is 783 g/mol. The second-order valence-electron chi connectivity index (χ2n) is 16.8. The van der Waals surface area contributed by atoms with E-state index in [1.807, 2.05) is 42.5 Å². The lowest BCUT2D eigenvalue weighted by Crippen LogP contribution is -2.37. The minimum atomic E-state index is -0.666. The monoisotopic (exact) mass is 817 g/mol. The summed E-state index contributed by atoms with van der Waals surface area (Å²) in [7, 11) is 0. The Bertz CT molecular complexity index is 3830. The molecule has 64 heavy (non-hydrogen) atoms. The van der Waals surface area contributed by atoms with Crippen molar-refractivity contribution in [3.05, 3.63) is 235 Å². The molecule has 298 valence electrons. The Morgan fingerprint density at radius 2 is 1.08 bits per heavy atom. The van der Waals surface area contributed by atoms with Gasteiger partial charge in [0.15, 0.2) is 5.82 Å². The Morgan fingerprint density at radius 3 is 1.97 bits per heavy atom. The van der Waals surface area contributed by atoms with Crippen LogP contribution in [-0.2, 0) is 5.41 Å². The molecule has 1 spiro atoms. The van der Waals surface area contributed by atoms with Crippen LogP contribution in [0.2, 0.25) is 0 Å². The molecule has 2 aliphatic heterocycles. The number of aromatic nitrogens is 3. The first-order valence-corrected chi connectivity index (χ1v) is 21.7. The maximum atomic E-state index is 6.88. The number of benzene rings is 9. The summed E-state index contributed by atoms with van der Waals surface area (Å²) < 4.78 is 16.0. The number of hydrogen-bond acceptors (Lipinski definition) is 4. The van der Waals surface area contributed by atoms with E-state index in [4.69, 9.17) is 19.1 Å². The van der Waals surface area contributed by atoms with Gasteiger partial charge in [-0.05, 0) is 76.9 Å². The average Bonchev–Trinajstić information content (AvgIpc) is 3.92. The number of furan rings is 1. The van der Waals surface area contributed by atoms with Gasteiger partial charge in [0.1, 0.15) is 22.7 Å². The van der Waals surface area contributed by atoms with Crippen LogP contribution in [0.3, 0.4) is 0 Å². The number of ether oxygens (including phenoxy) is 1. The van der Waals surface area contributed by atoms with E-state index in [0.29, 0.717) is 5.82 Å². The van der Waals surface area contributed by atoms with Gasteiger partial charge < -0.3 is 13.7 Å². The zero-order chi connectivity index (χ0) is 41.9. The molecule has 2 aliphatic rings. The van der Waals surface area contributed by atoms with Crippen LogP contribution in [0.25, 0.3) is 94.5 Å². The molecule has 5 nitrogen and oxygen atoms in total. The molecule has 14 rings (SSSR count). The molecule has 0 saturated heterocycles. The van der Waals surface area contributed by atoms with Crippen molar-refractivity contribution in [2.75, 3.05) is 0 Å². The van der Waals surface area contributed by atoms with Crippen molar-refractivity contribution >= 4 is 43.7 Å². The van der Waals surface area contributed by atoms with Gasteiger partial charge in [-0.15, -0.1) is 0 Å². The van der Waals surface area contributed by atoms with Crippen LogP contribution in [0, 0.1) is 0 Å². The zero-order valence-corrected chi connectivity index (χ0v) is 34.4. The highest BCUT2D eigenvalue weighted by molar-refractivity contribution is 6.14. The normalized spacial score (nSPS) is 14.8. The van der Waals surface area contributed by atoms with Crippen molar-refractivity contribution in [3.63, 3.8) is 0 Å². The van der Waals surface area contributed by atoms with Gasteiger partial charge in [0, 0.05) is 49.4 Å². The van der Waals surface area contributed by atoms with Gasteiger partial charge in [-0.25, -0.2) is 9.97 Å². The first kappa shape index (κ1) is 35.1. The van der Waals surface area contributed by atoms with E-state index in [0.717, 1.165) is 83.8 Å². The first-order chi connectivity index (χ1) is 31.7. The summed E-state index contributed by atoms with van der Waals surface area (Å²) in [5, 5.41) is 4.53. The number of nitrogens with zero attached hydrogens (tertiary/aromatic N) is 3. The average molecular weight is 818 g/mol.